The summed E-state index contributed by atoms with van der Waals surface area (Å²) in [5, 5.41) is 11.4. The Kier molecular flexibility index (Phi) is 14.6. The van der Waals surface area contributed by atoms with E-state index < -0.39 is 0 Å². The number of hydrogen-bond acceptors (Lipinski definition) is 6. The van der Waals surface area contributed by atoms with Crippen LogP contribution in [0.5, 0.6) is 0 Å². The Labute approximate surface area is 362 Å². The number of fused-ring (bicyclic) bond motifs is 4. The first-order chi connectivity index (χ1) is 26.6. The van der Waals surface area contributed by atoms with Gasteiger partial charge in [0, 0.05) is 74.5 Å². The topological polar surface area (TPSA) is 73.3 Å². The number of aromatic amines is 1. The van der Waals surface area contributed by atoms with Gasteiger partial charge in [-0.1, -0.05) is 83.1 Å². The largest absolute Gasteiger partial charge is 0.466 e. The van der Waals surface area contributed by atoms with E-state index in [0.717, 1.165) is 63.8 Å². The molecule has 8 rings (SSSR count). The molecule has 0 unspecified atom stereocenters. The number of carbonyl (C=O) groups is 2. The molecule has 0 saturated heterocycles. The van der Waals surface area contributed by atoms with Gasteiger partial charge in [-0.15, -0.1) is 22.7 Å². The maximum Gasteiger partial charge on any atom is 0.310 e. The van der Waals surface area contributed by atoms with Gasteiger partial charge in [0.25, 0.3) is 0 Å². The molecule has 0 bridgehead atoms. The lowest BCUT2D eigenvalue weighted by atomic mass is 10.1. The highest BCUT2D eigenvalue weighted by atomic mass is 79.9. The van der Waals surface area contributed by atoms with Crippen molar-refractivity contribution in [2.45, 2.75) is 38.6 Å². The van der Waals surface area contributed by atoms with Crippen LogP contribution < -0.4 is 0 Å². The predicted molar refractivity (Wildman–Crippen MR) is 242 cm³/mol. The number of esters is 2. The van der Waals surface area contributed by atoms with Crippen molar-refractivity contribution in [2.75, 3.05) is 13.2 Å². The maximum atomic E-state index is 12.0. The normalized spacial score (nSPS) is 11.0. The molecule has 284 valence electrons. The molecule has 0 amide bonds. The average Bonchev–Trinajstić information content (AvgIpc) is 3.94. The number of nitrogens with zero attached hydrogens (tertiary/aromatic N) is 1. The van der Waals surface area contributed by atoms with Gasteiger partial charge in [-0.25, -0.2) is 0 Å². The summed E-state index contributed by atoms with van der Waals surface area (Å²) < 4.78 is 16.8. The Morgan fingerprint density at radius 1 is 0.691 bits per heavy atom. The molecule has 4 heterocycles. The van der Waals surface area contributed by atoms with Crippen LogP contribution in [-0.2, 0) is 43.8 Å². The van der Waals surface area contributed by atoms with Gasteiger partial charge >= 0.3 is 11.9 Å². The van der Waals surface area contributed by atoms with Crippen LogP contribution >= 0.6 is 93.7 Å². The lowest BCUT2D eigenvalue weighted by molar-refractivity contribution is -0.143. The van der Waals surface area contributed by atoms with E-state index in [4.69, 9.17) is 32.7 Å². The summed E-state index contributed by atoms with van der Waals surface area (Å²) in [4.78, 5) is 26.5. The van der Waals surface area contributed by atoms with E-state index in [-0.39, 0.29) is 18.4 Å². The fourth-order valence-corrected chi connectivity index (χ4v) is 9.78. The Morgan fingerprint density at radius 3 is 1.87 bits per heavy atom. The van der Waals surface area contributed by atoms with Crippen LogP contribution in [0, 0.1) is 0 Å². The molecule has 0 aliphatic heterocycles. The van der Waals surface area contributed by atoms with Crippen molar-refractivity contribution in [1.82, 2.24) is 9.55 Å². The number of aromatic nitrogens is 2. The highest BCUT2D eigenvalue weighted by Gasteiger charge is 2.15. The number of nitrogens with one attached hydrogen (secondary N) is 1. The molecule has 0 radical (unpaired) electrons. The molecule has 0 fully saturated rings. The Morgan fingerprint density at radius 2 is 1.25 bits per heavy atom. The minimum Gasteiger partial charge on any atom is -0.466 e. The van der Waals surface area contributed by atoms with Crippen molar-refractivity contribution in [3.8, 4) is 0 Å². The van der Waals surface area contributed by atoms with Gasteiger partial charge < -0.3 is 19.0 Å². The highest BCUT2D eigenvalue weighted by molar-refractivity contribution is 9.10. The number of alkyl halides is 1. The first-order valence-electron chi connectivity index (χ1n) is 17.3. The Hall–Kier alpha value is -3.16. The molecule has 4 aromatic carbocycles. The van der Waals surface area contributed by atoms with Crippen molar-refractivity contribution in [1.29, 1.82) is 0 Å². The zero-order chi connectivity index (χ0) is 39.1. The molecular weight excluding hydrogens is 971 g/mol. The minimum absolute atomic E-state index is 0.189. The molecule has 8 aromatic rings. The van der Waals surface area contributed by atoms with Crippen LogP contribution in [-0.4, -0.2) is 34.7 Å². The van der Waals surface area contributed by atoms with Crippen molar-refractivity contribution < 1.29 is 19.1 Å². The monoisotopic (exact) mass is 1000 g/mol. The molecular formula is C42H35Br3Cl2N2O4S2. The Balaban J connectivity index is 0.000000155. The van der Waals surface area contributed by atoms with Gasteiger partial charge in [0.05, 0.1) is 26.1 Å². The van der Waals surface area contributed by atoms with E-state index in [1.54, 1.807) is 22.7 Å². The van der Waals surface area contributed by atoms with E-state index >= 15 is 0 Å². The smallest absolute Gasteiger partial charge is 0.310 e. The molecule has 0 aliphatic carbocycles. The van der Waals surface area contributed by atoms with Gasteiger partial charge in [0.2, 0.25) is 0 Å². The summed E-state index contributed by atoms with van der Waals surface area (Å²) in [6.45, 7) is 5.17. The van der Waals surface area contributed by atoms with E-state index in [2.05, 4.69) is 92.5 Å². The zero-order valence-electron chi connectivity index (χ0n) is 29.8. The van der Waals surface area contributed by atoms with Crippen LogP contribution in [0.25, 0.3) is 42.0 Å². The molecule has 0 spiro atoms. The van der Waals surface area contributed by atoms with Crippen LogP contribution in [0.3, 0.4) is 0 Å². The number of halogens is 5. The second-order valence-electron chi connectivity index (χ2n) is 12.3. The number of hydrogen-bond donors (Lipinski definition) is 1. The lowest BCUT2D eigenvalue weighted by Crippen LogP contribution is -2.07. The van der Waals surface area contributed by atoms with Crippen molar-refractivity contribution in [3.63, 3.8) is 0 Å². The van der Waals surface area contributed by atoms with Gasteiger partial charge in [0.15, 0.2) is 0 Å². The second-order valence-corrected chi connectivity index (χ2v) is 17.4. The van der Waals surface area contributed by atoms with Crippen molar-refractivity contribution >= 4 is 148 Å². The molecule has 55 heavy (non-hydrogen) atoms. The number of H-pyrrole nitrogens is 1. The standard InChI is InChI=1S/C21H17BrClNO2S.C12H12BrNO2.C9H6BrClS/c1-2-26-21(25)7-13-10-24(19-8-15(22)3-5-17(13)19)11-14-12-27-20-6-4-16(23)9-18(14)20;1-2-16-12(15)5-8-7-14-11-6-9(13)3-4-10(8)11;10-4-6-5-12-9-2-1-7(11)3-8(6)9/h3-6,8-10,12H,2,7,11H2,1H3;3-4,6-7,14H,2,5H2,1H3;1-3,5H,4H2. The van der Waals surface area contributed by atoms with Gasteiger partial charge in [0.1, 0.15) is 0 Å². The molecule has 0 saturated carbocycles. The van der Waals surface area contributed by atoms with E-state index in [0.29, 0.717) is 19.6 Å². The molecule has 13 heteroatoms. The van der Waals surface area contributed by atoms with Crippen molar-refractivity contribution in [3.05, 3.63) is 137 Å². The minimum atomic E-state index is -0.202. The van der Waals surface area contributed by atoms with E-state index in [9.17, 15) is 9.59 Å². The van der Waals surface area contributed by atoms with Gasteiger partial charge in [-0.3, -0.25) is 9.59 Å². The van der Waals surface area contributed by atoms with Crippen molar-refractivity contribution in [2.24, 2.45) is 0 Å². The molecule has 0 aliphatic rings. The number of benzene rings is 4. The van der Waals surface area contributed by atoms with E-state index in [1.165, 1.54) is 31.3 Å². The second kappa shape index (κ2) is 19.3. The summed E-state index contributed by atoms with van der Waals surface area (Å²) >= 11 is 26.0. The fraction of sp³-hybridized carbons (Fsp3) is 0.190. The number of ether oxygens (including phenoxy) is 2. The third kappa shape index (κ3) is 10.4. The SMILES string of the molecule is CCOC(=O)Cc1c[nH]c2cc(Br)ccc12.CCOC(=O)Cc1cn(Cc2csc3ccc(Cl)cc23)c2cc(Br)ccc12.Clc1ccc2scc(CBr)c2c1. The van der Waals surface area contributed by atoms with Crippen LogP contribution in [0.2, 0.25) is 10.0 Å². The summed E-state index contributed by atoms with van der Waals surface area (Å²) in [5.41, 5.74) is 6.60. The third-order valence-corrected chi connectivity index (χ3v) is 12.7. The number of thiophene rings is 2. The summed E-state index contributed by atoms with van der Waals surface area (Å²) in [6.07, 6.45) is 4.50. The molecule has 4 aromatic heterocycles. The maximum absolute atomic E-state index is 12.0. The molecule has 0 atom stereocenters. The average molecular weight is 1010 g/mol. The summed E-state index contributed by atoms with van der Waals surface area (Å²) in [5.74, 6) is -0.390. The zero-order valence-corrected chi connectivity index (χ0v) is 37.7. The van der Waals surface area contributed by atoms with Gasteiger partial charge in [-0.05, 0) is 118 Å². The van der Waals surface area contributed by atoms with Crippen LogP contribution in [0.1, 0.15) is 36.1 Å². The first kappa shape index (κ1) is 41.5. The summed E-state index contributed by atoms with van der Waals surface area (Å²) in [6, 6.07) is 24.1. The quantitative estimate of drug-likeness (QED) is 0.115. The lowest BCUT2D eigenvalue weighted by Gasteiger charge is -2.05. The van der Waals surface area contributed by atoms with Crippen LogP contribution in [0.15, 0.2) is 105 Å². The number of rotatable bonds is 9. The third-order valence-electron chi connectivity index (χ3n) is 8.65. The molecule has 6 nitrogen and oxygen atoms in total. The number of carbonyl (C=O) groups excluding carboxylic acids is 2. The van der Waals surface area contributed by atoms with Gasteiger partial charge in [-0.2, -0.15) is 0 Å². The summed E-state index contributed by atoms with van der Waals surface area (Å²) in [7, 11) is 0. The Bertz CT molecular complexity index is 2610. The molecule has 1 N–H and O–H groups in total. The fourth-order valence-electron chi connectivity index (χ4n) is 6.17. The predicted octanol–water partition coefficient (Wildman–Crippen LogP) is 13.9. The van der Waals surface area contributed by atoms with Crippen LogP contribution in [0.4, 0.5) is 0 Å². The van der Waals surface area contributed by atoms with E-state index in [1.807, 2.05) is 74.6 Å². The first-order valence-corrected chi connectivity index (χ1v) is 22.5. The highest BCUT2D eigenvalue weighted by Crippen LogP contribution is 2.33.